The van der Waals surface area contributed by atoms with Crippen molar-refractivity contribution in [2.75, 3.05) is 6.54 Å². The Kier molecular flexibility index (Phi) is 9.83. The zero-order valence-electron chi connectivity index (χ0n) is 19.1. The lowest BCUT2D eigenvalue weighted by molar-refractivity contribution is 0.229. The van der Waals surface area contributed by atoms with Gasteiger partial charge in [0.1, 0.15) is 19.8 Å². The number of hydrogen-bond acceptors (Lipinski definition) is 4. The maximum Gasteiger partial charge on any atom is 0.203 e. The van der Waals surface area contributed by atoms with Crippen LogP contribution >= 0.6 is 12.4 Å². The zero-order valence-corrected chi connectivity index (χ0v) is 19.9. The minimum Gasteiger partial charge on any atom is -0.485 e. The van der Waals surface area contributed by atoms with E-state index in [0.29, 0.717) is 43.6 Å². The maximum atomic E-state index is 6.28. The number of rotatable bonds is 11. The zero-order chi connectivity index (χ0) is 22.7. The third-order valence-corrected chi connectivity index (χ3v) is 5.21. The second kappa shape index (κ2) is 13.3. The van der Waals surface area contributed by atoms with Crippen molar-refractivity contribution in [3.05, 3.63) is 125 Å². The van der Waals surface area contributed by atoms with Crippen LogP contribution in [0.3, 0.4) is 0 Å². The van der Waals surface area contributed by atoms with Crippen LogP contribution in [0.1, 0.15) is 22.3 Å². The number of nitrogens with two attached hydrogens (primary N) is 1. The van der Waals surface area contributed by atoms with Gasteiger partial charge in [0.25, 0.3) is 0 Å². The summed E-state index contributed by atoms with van der Waals surface area (Å²) in [6.45, 7) is 1.83. The second-order valence-electron chi connectivity index (χ2n) is 7.78. The highest BCUT2D eigenvalue weighted by atomic mass is 35.5. The summed E-state index contributed by atoms with van der Waals surface area (Å²) in [5, 5.41) is 0. The van der Waals surface area contributed by atoms with Crippen molar-refractivity contribution in [1.82, 2.24) is 0 Å². The van der Waals surface area contributed by atoms with Gasteiger partial charge in [-0.1, -0.05) is 91.0 Å². The molecule has 4 rings (SSSR count). The highest BCUT2D eigenvalue weighted by molar-refractivity contribution is 5.85. The summed E-state index contributed by atoms with van der Waals surface area (Å²) in [5.41, 5.74) is 10.1. The second-order valence-corrected chi connectivity index (χ2v) is 7.78. The van der Waals surface area contributed by atoms with E-state index >= 15 is 0 Å². The third-order valence-electron chi connectivity index (χ3n) is 5.21. The Morgan fingerprint density at radius 2 is 0.882 bits per heavy atom. The minimum absolute atomic E-state index is 0. The van der Waals surface area contributed by atoms with E-state index in [1.165, 1.54) is 0 Å². The predicted octanol–water partition coefficient (Wildman–Crippen LogP) is 6.35. The third kappa shape index (κ3) is 7.27. The van der Waals surface area contributed by atoms with Gasteiger partial charge in [-0.3, -0.25) is 0 Å². The number of ether oxygens (including phenoxy) is 3. The van der Waals surface area contributed by atoms with E-state index in [0.717, 1.165) is 28.7 Å². The highest BCUT2D eigenvalue weighted by Crippen LogP contribution is 2.40. The summed E-state index contributed by atoms with van der Waals surface area (Å²) in [6, 6.07) is 34.3. The van der Waals surface area contributed by atoms with Crippen molar-refractivity contribution in [3.63, 3.8) is 0 Å². The van der Waals surface area contributed by atoms with Crippen molar-refractivity contribution in [2.45, 2.75) is 26.2 Å². The fourth-order valence-electron chi connectivity index (χ4n) is 3.50. The summed E-state index contributed by atoms with van der Waals surface area (Å²) in [5.74, 6) is 1.92. The first kappa shape index (κ1) is 25.2. The molecule has 34 heavy (non-hydrogen) atoms. The molecule has 4 aromatic rings. The molecule has 0 heterocycles. The molecule has 5 heteroatoms. The fraction of sp³-hybridized carbons (Fsp3) is 0.172. The largest absolute Gasteiger partial charge is 0.485 e. The van der Waals surface area contributed by atoms with Crippen LogP contribution in [0.4, 0.5) is 0 Å². The number of halogens is 1. The van der Waals surface area contributed by atoms with Gasteiger partial charge in [-0.2, -0.15) is 0 Å². The van der Waals surface area contributed by atoms with Crippen LogP contribution < -0.4 is 19.9 Å². The Hall–Kier alpha value is -3.47. The van der Waals surface area contributed by atoms with E-state index in [1.807, 2.05) is 103 Å². The topological polar surface area (TPSA) is 53.7 Å². The van der Waals surface area contributed by atoms with Crippen molar-refractivity contribution >= 4 is 12.4 Å². The Morgan fingerprint density at radius 1 is 0.500 bits per heavy atom. The van der Waals surface area contributed by atoms with Gasteiger partial charge in [0.2, 0.25) is 5.75 Å². The first-order valence-corrected chi connectivity index (χ1v) is 11.2. The van der Waals surface area contributed by atoms with Crippen LogP contribution in [-0.4, -0.2) is 6.54 Å². The molecule has 4 nitrogen and oxygen atoms in total. The summed E-state index contributed by atoms with van der Waals surface area (Å²) in [4.78, 5) is 0. The fourth-order valence-corrected chi connectivity index (χ4v) is 3.50. The average Bonchev–Trinajstić information content (AvgIpc) is 2.87. The normalized spacial score (nSPS) is 10.3. The molecule has 0 unspecified atom stereocenters. The lowest BCUT2D eigenvalue weighted by atomic mass is 10.1. The van der Waals surface area contributed by atoms with Crippen LogP contribution in [0, 0.1) is 0 Å². The molecule has 2 N–H and O–H groups in total. The van der Waals surface area contributed by atoms with Crippen LogP contribution in [-0.2, 0) is 26.2 Å². The van der Waals surface area contributed by atoms with Gasteiger partial charge in [0.05, 0.1) is 0 Å². The molecule has 176 valence electrons. The van der Waals surface area contributed by atoms with Gasteiger partial charge < -0.3 is 19.9 Å². The van der Waals surface area contributed by atoms with Gasteiger partial charge in [-0.05, 0) is 47.4 Å². The summed E-state index contributed by atoms with van der Waals surface area (Å²) in [6.07, 6.45) is 0.725. The van der Waals surface area contributed by atoms with Crippen molar-refractivity contribution in [2.24, 2.45) is 5.73 Å². The Balaban J connectivity index is 0.00000324. The number of benzene rings is 4. The average molecular weight is 476 g/mol. The van der Waals surface area contributed by atoms with Gasteiger partial charge in [0, 0.05) is 0 Å². The summed E-state index contributed by atoms with van der Waals surface area (Å²) in [7, 11) is 0. The van der Waals surface area contributed by atoms with Crippen molar-refractivity contribution in [1.29, 1.82) is 0 Å². The molecule has 0 aromatic heterocycles. The summed E-state index contributed by atoms with van der Waals surface area (Å²) < 4.78 is 18.8. The molecule has 0 fully saturated rings. The molecule has 0 amide bonds. The molecule has 0 spiro atoms. The van der Waals surface area contributed by atoms with Crippen LogP contribution in [0.5, 0.6) is 17.2 Å². The molecule has 0 atom stereocenters. The standard InChI is InChI=1S/C29H29NO3.ClH/c30-17-16-26-18-27(31-20-23-10-4-1-5-11-23)29(33-22-25-14-8-3-9-15-25)28(19-26)32-21-24-12-6-2-7-13-24;/h1-15,18-19H,16-17,20-22,30H2;1H. The van der Waals surface area contributed by atoms with E-state index in [9.17, 15) is 0 Å². The molecular formula is C29H30ClNO3. The lowest BCUT2D eigenvalue weighted by Crippen LogP contribution is -2.07. The van der Waals surface area contributed by atoms with E-state index in [1.54, 1.807) is 0 Å². The summed E-state index contributed by atoms with van der Waals surface area (Å²) >= 11 is 0. The highest BCUT2D eigenvalue weighted by Gasteiger charge is 2.16. The molecule has 0 aliphatic rings. The number of hydrogen-bond donors (Lipinski definition) is 1. The molecule has 0 bridgehead atoms. The van der Waals surface area contributed by atoms with Gasteiger partial charge in [-0.25, -0.2) is 0 Å². The predicted molar refractivity (Wildman–Crippen MR) is 139 cm³/mol. The van der Waals surface area contributed by atoms with Crippen LogP contribution in [0.15, 0.2) is 103 Å². The molecule has 0 aliphatic carbocycles. The Labute approximate surface area is 207 Å². The Bertz CT molecular complexity index is 1060. The maximum absolute atomic E-state index is 6.28. The van der Waals surface area contributed by atoms with Crippen molar-refractivity contribution < 1.29 is 14.2 Å². The molecule has 0 saturated heterocycles. The van der Waals surface area contributed by atoms with Gasteiger partial charge in [0.15, 0.2) is 11.5 Å². The quantitative estimate of drug-likeness (QED) is 0.275. The van der Waals surface area contributed by atoms with Crippen LogP contribution in [0.2, 0.25) is 0 Å². The monoisotopic (exact) mass is 475 g/mol. The molecule has 0 saturated carbocycles. The first-order chi connectivity index (χ1) is 16.3. The van der Waals surface area contributed by atoms with E-state index in [-0.39, 0.29) is 12.4 Å². The van der Waals surface area contributed by atoms with E-state index in [2.05, 4.69) is 0 Å². The van der Waals surface area contributed by atoms with Gasteiger partial charge in [-0.15, -0.1) is 12.4 Å². The SMILES string of the molecule is Cl.NCCc1cc(OCc2ccccc2)c(OCc2ccccc2)c(OCc2ccccc2)c1. The van der Waals surface area contributed by atoms with E-state index < -0.39 is 0 Å². The molecule has 0 radical (unpaired) electrons. The smallest absolute Gasteiger partial charge is 0.203 e. The van der Waals surface area contributed by atoms with E-state index in [4.69, 9.17) is 19.9 Å². The van der Waals surface area contributed by atoms with Crippen LogP contribution in [0.25, 0.3) is 0 Å². The minimum atomic E-state index is 0. The Morgan fingerprint density at radius 3 is 1.26 bits per heavy atom. The molecular weight excluding hydrogens is 446 g/mol. The van der Waals surface area contributed by atoms with Gasteiger partial charge >= 0.3 is 0 Å². The molecule has 0 aliphatic heterocycles. The first-order valence-electron chi connectivity index (χ1n) is 11.2. The lowest BCUT2D eigenvalue weighted by Gasteiger charge is -2.19. The molecule has 4 aromatic carbocycles. The van der Waals surface area contributed by atoms with Crippen molar-refractivity contribution in [3.8, 4) is 17.2 Å².